The number of benzene rings is 5. The van der Waals surface area contributed by atoms with Crippen molar-refractivity contribution in [2.75, 3.05) is 13.7 Å². The van der Waals surface area contributed by atoms with Crippen molar-refractivity contribution in [3.05, 3.63) is 167 Å². The molecular formula is C39H35NO5. The van der Waals surface area contributed by atoms with Crippen molar-refractivity contribution >= 4 is 12.1 Å². The molecule has 45 heavy (non-hydrogen) atoms. The second kappa shape index (κ2) is 13.2. The van der Waals surface area contributed by atoms with E-state index in [1.807, 2.05) is 115 Å². The molecule has 1 amide bonds. The molecule has 1 aliphatic rings. The van der Waals surface area contributed by atoms with E-state index in [1.165, 1.54) is 7.11 Å². The van der Waals surface area contributed by atoms with Gasteiger partial charge < -0.3 is 19.5 Å². The number of carbonyl (C=O) groups is 2. The maximum atomic E-state index is 13.3. The minimum absolute atomic E-state index is 0.115. The van der Waals surface area contributed by atoms with Crippen LogP contribution < -0.4 is 5.32 Å². The molecule has 0 unspecified atom stereocenters. The maximum Gasteiger partial charge on any atom is 0.407 e. The van der Waals surface area contributed by atoms with Crippen molar-refractivity contribution in [2.45, 2.75) is 30.6 Å². The molecule has 0 aromatic heterocycles. The third-order valence-electron chi connectivity index (χ3n) is 8.45. The minimum Gasteiger partial charge on any atom is -0.467 e. The fourth-order valence-electron chi connectivity index (χ4n) is 6.33. The van der Waals surface area contributed by atoms with Gasteiger partial charge in [-0.2, -0.15) is 0 Å². The van der Waals surface area contributed by atoms with Crippen molar-refractivity contribution in [2.24, 2.45) is 0 Å². The molecule has 0 aliphatic heterocycles. The van der Waals surface area contributed by atoms with E-state index < -0.39 is 29.8 Å². The highest BCUT2D eigenvalue weighted by molar-refractivity contribution is 5.82. The summed E-state index contributed by atoms with van der Waals surface area (Å²) in [7, 11) is 1.29. The maximum absolute atomic E-state index is 13.3. The number of hydrogen-bond donors (Lipinski definition) is 1. The van der Waals surface area contributed by atoms with Gasteiger partial charge >= 0.3 is 12.1 Å². The first-order valence-electron chi connectivity index (χ1n) is 15.1. The number of amides is 1. The number of alkyl carbamates (subject to hydrolysis) is 1. The number of esters is 1. The van der Waals surface area contributed by atoms with E-state index in [4.69, 9.17) is 14.2 Å². The number of ether oxygens (including phenoxy) is 3. The van der Waals surface area contributed by atoms with Crippen LogP contribution in [0, 0.1) is 0 Å². The quantitative estimate of drug-likeness (QED) is 0.134. The predicted molar refractivity (Wildman–Crippen MR) is 174 cm³/mol. The van der Waals surface area contributed by atoms with E-state index in [2.05, 4.69) is 29.6 Å². The van der Waals surface area contributed by atoms with Gasteiger partial charge in [-0.3, -0.25) is 0 Å². The van der Waals surface area contributed by atoms with Crippen LogP contribution in [0.15, 0.2) is 140 Å². The van der Waals surface area contributed by atoms with Crippen molar-refractivity contribution < 1.29 is 23.8 Å². The lowest BCUT2D eigenvalue weighted by atomic mass is 9.79. The normalized spacial score (nSPS) is 13.6. The minimum atomic E-state index is -1.15. The summed E-state index contributed by atoms with van der Waals surface area (Å²) < 4.78 is 17.9. The zero-order valence-electron chi connectivity index (χ0n) is 25.3. The lowest BCUT2D eigenvalue weighted by Gasteiger charge is -2.39. The van der Waals surface area contributed by atoms with Crippen LogP contribution in [0.1, 0.15) is 40.7 Å². The van der Waals surface area contributed by atoms with E-state index in [0.717, 1.165) is 38.9 Å². The molecule has 0 bridgehead atoms. The summed E-state index contributed by atoms with van der Waals surface area (Å²) in [6.45, 7) is 1.87. The van der Waals surface area contributed by atoms with Crippen LogP contribution in [0.2, 0.25) is 0 Å². The Kier molecular flexibility index (Phi) is 8.76. The average Bonchev–Trinajstić information content (AvgIpc) is 3.43. The molecule has 6 heteroatoms. The molecule has 0 heterocycles. The molecule has 1 aliphatic carbocycles. The molecule has 226 valence electrons. The van der Waals surface area contributed by atoms with Gasteiger partial charge in [0.1, 0.15) is 12.2 Å². The summed E-state index contributed by atoms with van der Waals surface area (Å²) in [6.07, 6.45) is -1.56. The summed E-state index contributed by atoms with van der Waals surface area (Å²) in [4.78, 5) is 26.5. The van der Waals surface area contributed by atoms with Crippen molar-refractivity contribution in [3.8, 4) is 11.1 Å². The Morgan fingerprint density at radius 3 is 1.53 bits per heavy atom. The molecule has 0 spiro atoms. The van der Waals surface area contributed by atoms with Gasteiger partial charge in [0.05, 0.1) is 13.2 Å². The molecule has 5 aromatic carbocycles. The predicted octanol–water partition coefficient (Wildman–Crippen LogP) is 7.46. The molecule has 0 saturated heterocycles. The fraction of sp³-hybridized carbons (Fsp3) is 0.179. The Bertz CT molecular complexity index is 1610. The van der Waals surface area contributed by atoms with Gasteiger partial charge in [0.2, 0.25) is 0 Å². The highest BCUT2D eigenvalue weighted by Gasteiger charge is 2.42. The van der Waals surface area contributed by atoms with Crippen molar-refractivity contribution in [3.63, 3.8) is 0 Å². The van der Waals surface area contributed by atoms with Crippen molar-refractivity contribution in [1.82, 2.24) is 5.32 Å². The van der Waals surface area contributed by atoms with Gasteiger partial charge in [0.15, 0.2) is 6.04 Å². The number of hydrogen-bond acceptors (Lipinski definition) is 5. The Morgan fingerprint density at radius 1 is 0.667 bits per heavy atom. The van der Waals surface area contributed by atoms with E-state index in [0.29, 0.717) is 0 Å². The Morgan fingerprint density at radius 2 is 1.09 bits per heavy atom. The Hall–Kier alpha value is -5.20. The lowest BCUT2D eigenvalue weighted by molar-refractivity contribution is -0.150. The highest BCUT2D eigenvalue weighted by atomic mass is 16.6. The van der Waals surface area contributed by atoms with Gasteiger partial charge in [-0.25, -0.2) is 9.59 Å². The van der Waals surface area contributed by atoms with Gasteiger partial charge in [-0.05, 0) is 45.9 Å². The van der Waals surface area contributed by atoms with Crippen LogP contribution in [0.25, 0.3) is 11.1 Å². The van der Waals surface area contributed by atoms with E-state index in [9.17, 15) is 9.59 Å². The molecule has 0 saturated carbocycles. The van der Waals surface area contributed by atoms with Gasteiger partial charge in [0.25, 0.3) is 0 Å². The number of fused-ring (bicyclic) bond motifs is 3. The van der Waals surface area contributed by atoms with Crippen LogP contribution in [0.4, 0.5) is 4.79 Å². The standard InChI is InChI=1S/C39H35NO5/c1-27(45-39(28-16-6-3-7-17-28,29-18-8-4-9-19-29)30-20-10-5-11-21-30)36(37(41)43-2)40-38(42)44-26-35-33-24-14-12-22-31(33)32-23-13-15-25-34(32)35/h3-25,27,35-36H,26H2,1-2H3,(H,40,42)/t27-,36+/m1/s1. The fourth-order valence-corrected chi connectivity index (χ4v) is 6.33. The third-order valence-corrected chi connectivity index (χ3v) is 8.45. The average molecular weight is 598 g/mol. The molecule has 6 rings (SSSR count). The molecule has 0 radical (unpaired) electrons. The van der Waals surface area contributed by atoms with Crippen LogP contribution >= 0.6 is 0 Å². The van der Waals surface area contributed by atoms with Gasteiger partial charge in [-0.1, -0.05) is 140 Å². The number of rotatable bonds is 10. The summed E-state index contributed by atoms with van der Waals surface area (Å²) in [5, 5.41) is 2.76. The van der Waals surface area contributed by atoms with Gasteiger partial charge in [-0.15, -0.1) is 0 Å². The Balaban J connectivity index is 1.28. The molecule has 1 N–H and O–H groups in total. The molecular weight excluding hydrogens is 562 g/mol. The zero-order valence-corrected chi connectivity index (χ0v) is 25.3. The summed E-state index contributed by atoms with van der Waals surface area (Å²) in [5.41, 5.74) is 6.00. The van der Waals surface area contributed by atoms with Crippen LogP contribution in [-0.4, -0.2) is 37.9 Å². The smallest absolute Gasteiger partial charge is 0.407 e. The second-order valence-electron chi connectivity index (χ2n) is 11.1. The van der Waals surface area contributed by atoms with Crippen LogP contribution in [-0.2, 0) is 24.6 Å². The highest BCUT2D eigenvalue weighted by Crippen LogP contribution is 2.45. The SMILES string of the molecule is COC(=O)[C@@H](NC(=O)OCC1c2ccccc2-c2ccccc21)[C@@H](C)OC(c1ccccc1)(c1ccccc1)c1ccccc1. The second-order valence-corrected chi connectivity index (χ2v) is 11.1. The zero-order chi connectivity index (χ0) is 31.2. The molecule has 6 nitrogen and oxygen atoms in total. The first-order valence-corrected chi connectivity index (χ1v) is 15.1. The summed E-state index contributed by atoms with van der Waals surface area (Å²) in [5.74, 6) is -0.755. The monoisotopic (exact) mass is 597 g/mol. The third kappa shape index (κ3) is 5.85. The largest absolute Gasteiger partial charge is 0.467 e. The van der Waals surface area contributed by atoms with E-state index in [1.54, 1.807) is 6.92 Å². The van der Waals surface area contributed by atoms with Crippen LogP contribution in [0.5, 0.6) is 0 Å². The number of methoxy groups -OCH3 is 1. The number of nitrogens with one attached hydrogen (secondary N) is 1. The molecule has 5 aromatic rings. The lowest BCUT2D eigenvalue weighted by Crippen LogP contribution is -2.52. The molecule has 2 atom stereocenters. The first kappa shape index (κ1) is 29.9. The molecule has 0 fully saturated rings. The summed E-state index contributed by atoms with van der Waals surface area (Å²) in [6, 6.07) is 44.7. The van der Waals surface area contributed by atoms with Gasteiger partial charge in [0, 0.05) is 5.92 Å². The topological polar surface area (TPSA) is 73.9 Å². The van der Waals surface area contributed by atoms with Crippen molar-refractivity contribution in [1.29, 1.82) is 0 Å². The van der Waals surface area contributed by atoms with E-state index >= 15 is 0 Å². The summed E-state index contributed by atoms with van der Waals surface area (Å²) >= 11 is 0. The number of carbonyl (C=O) groups excluding carboxylic acids is 2. The van der Waals surface area contributed by atoms with E-state index in [-0.39, 0.29) is 12.5 Å². The van der Waals surface area contributed by atoms with Crippen LogP contribution in [0.3, 0.4) is 0 Å². The Labute approximate surface area is 263 Å². The first-order chi connectivity index (χ1) is 22.0.